The molecule has 0 spiro atoms. The van der Waals surface area contributed by atoms with Crippen LogP contribution in [0, 0.1) is 5.92 Å². The van der Waals surface area contributed by atoms with Crippen molar-refractivity contribution in [3.05, 3.63) is 5.89 Å². The first-order valence-electron chi connectivity index (χ1n) is 6.77. The van der Waals surface area contributed by atoms with Crippen LogP contribution in [-0.4, -0.2) is 36.0 Å². The van der Waals surface area contributed by atoms with Gasteiger partial charge in [-0.2, -0.15) is 0 Å². The third-order valence-electron chi connectivity index (χ3n) is 3.16. The van der Waals surface area contributed by atoms with E-state index in [9.17, 15) is 0 Å². The van der Waals surface area contributed by atoms with Crippen molar-refractivity contribution in [1.82, 2.24) is 15.5 Å². The monoisotopic (exact) mass is 252 g/mol. The lowest BCUT2D eigenvalue weighted by Gasteiger charge is -2.02. The largest absolute Gasteiger partial charge is 0.407 e. The molecule has 2 aliphatic carbocycles. The summed E-state index contributed by atoms with van der Waals surface area (Å²) in [6.07, 6.45) is 5.18. The van der Waals surface area contributed by atoms with Crippen LogP contribution in [-0.2, 0) is 11.3 Å². The quantitative estimate of drug-likeness (QED) is 0.643. The van der Waals surface area contributed by atoms with E-state index in [2.05, 4.69) is 20.8 Å². The van der Waals surface area contributed by atoms with Crippen molar-refractivity contribution in [3.63, 3.8) is 0 Å². The van der Waals surface area contributed by atoms with Gasteiger partial charge in [0, 0.05) is 19.2 Å². The summed E-state index contributed by atoms with van der Waals surface area (Å²) in [6.45, 7) is 2.96. The number of ether oxygens (including phenoxy) is 1. The van der Waals surface area contributed by atoms with Gasteiger partial charge in [-0.25, -0.2) is 0 Å². The minimum atomic E-state index is 0.484. The summed E-state index contributed by atoms with van der Waals surface area (Å²) >= 11 is 0. The van der Waals surface area contributed by atoms with E-state index in [1.165, 1.54) is 25.7 Å². The number of hydrogen-bond donors (Lipinski definition) is 2. The van der Waals surface area contributed by atoms with Gasteiger partial charge in [-0.15, -0.1) is 5.10 Å². The molecule has 1 aromatic heterocycles. The van der Waals surface area contributed by atoms with Gasteiger partial charge in [0.25, 0.3) is 0 Å². The zero-order valence-corrected chi connectivity index (χ0v) is 10.5. The van der Waals surface area contributed by atoms with Gasteiger partial charge >= 0.3 is 6.01 Å². The maximum atomic E-state index is 5.51. The lowest BCUT2D eigenvalue weighted by Crippen LogP contribution is -2.15. The molecule has 0 bridgehead atoms. The number of nitrogens with zero attached hydrogens (tertiary/aromatic N) is 2. The first-order valence-corrected chi connectivity index (χ1v) is 6.77. The molecule has 100 valence electrons. The Balaban J connectivity index is 1.28. The highest BCUT2D eigenvalue weighted by Gasteiger charge is 2.21. The second-order valence-electron chi connectivity index (χ2n) is 5.10. The molecule has 1 heterocycles. The van der Waals surface area contributed by atoms with Gasteiger partial charge in [-0.05, 0) is 31.6 Å². The van der Waals surface area contributed by atoms with Gasteiger partial charge in [0.15, 0.2) is 0 Å². The van der Waals surface area contributed by atoms with Crippen molar-refractivity contribution in [2.75, 3.05) is 25.1 Å². The fourth-order valence-electron chi connectivity index (χ4n) is 1.68. The Morgan fingerprint density at radius 1 is 1.22 bits per heavy atom. The van der Waals surface area contributed by atoms with E-state index in [0.717, 1.165) is 12.5 Å². The van der Waals surface area contributed by atoms with Crippen LogP contribution in [0.2, 0.25) is 0 Å². The van der Waals surface area contributed by atoms with Crippen LogP contribution < -0.4 is 10.6 Å². The Kier molecular flexibility index (Phi) is 3.75. The minimum absolute atomic E-state index is 0.484. The predicted octanol–water partition coefficient (Wildman–Crippen LogP) is 1.16. The average Bonchev–Trinajstić information content (AvgIpc) is 3.28. The zero-order valence-electron chi connectivity index (χ0n) is 10.5. The Hall–Kier alpha value is -1.14. The summed E-state index contributed by atoms with van der Waals surface area (Å²) in [6, 6.07) is 1.14. The second kappa shape index (κ2) is 5.67. The molecule has 6 nitrogen and oxygen atoms in total. The van der Waals surface area contributed by atoms with Gasteiger partial charge < -0.3 is 19.8 Å². The third kappa shape index (κ3) is 3.96. The van der Waals surface area contributed by atoms with E-state index in [4.69, 9.17) is 9.15 Å². The smallest absolute Gasteiger partial charge is 0.315 e. The van der Waals surface area contributed by atoms with E-state index in [1.807, 2.05) is 0 Å². The van der Waals surface area contributed by atoms with Crippen LogP contribution in [0.25, 0.3) is 0 Å². The highest BCUT2D eigenvalue weighted by atomic mass is 16.5. The van der Waals surface area contributed by atoms with Crippen LogP contribution >= 0.6 is 0 Å². The Morgan fingerprint density at radius 2 is 2.11 bits per heavy atom. The van der Waals surface area contributed by atoms with Crippen molar-refractivity contribution in [1.29, 1.82) is 0 Å². The molecule has 3 rings (SSSR count). The zero-order chi connectivity index (χ0) is 12.2. The summed E-state index contributed by atoms with van der Waals surface area (Å²) in [5, 5.41) is 14.3. The average molecular weight is 252 g/mol. The van der Waals surface area contributed by atoms with Crippen molar-refractivity contribution >= 4 is 6.01 Å². The molecule has 2 N–H and O–H groups in total. The number of hydrogen-bond acceptors (Lipinski definition) is 6. The van der Waals surface area contributed by atoms with Crippen molar-refractivity contribution in [2.24, 2.45) is 5.92 Å². The molecule has 0 atom stereocenters. The second-order valence-corrected chi connectivity index (χ2v) is 5.10. The van der Waals surface area contributed by atoms with Crippen LogP contribution in [0.3, 0.4) is 0 Å². The summed E-state index contributed by atoms with van der Waals surface area (Å²) in [5.74, 6) is 1.46. The molecular weight excluding hydrogens is 232 g/mol. The van der Waals surface area contributed by atoms with Gasteiger partial charge in [0.1, 0.15) is 0 Å². The van der Waals surface area contributed by atoms with Gasteiger partial charge in [-0.3, -0.25) is 0 Å². The SMILES string of the molecule is C(COCC1CC1)Nc1nnc(CNC2CC2)o1. The van der Waals surface area contributed by atoms with Gasteiger partial charge in [0.2, 0.25) is 5.89 Å². The molecule has 0 radical (unpaired) electrons. The highest BCUT2D eigenvalue weighted by molar-refractivity contribution is 5.16. The van der Waals surface area contributed by atoms with E-state index >= 15 is 0 Å². The van der Waals surface area contributed by atoms with E-state index < -0.39 is 0 Å². The molecule has 0 saturated heterocycles. The Bertz CT molecular complexity index is 374. The van der Waals surface area contributed by atoms with E-state index in [1.54, 1.807) is 0 Å². The molecule has 6 heteroatoms. The third-order valence-corrected chi connectivity index (χ3v) is 3.16. The van der Waals surface area contributed by atoms with Crippen molar-refractivity contribution in [2.45, 2.75) is 38.3 Å². The molecule has 2 fully saturated rings. The number of nitrogens with one attached hydrogen (secondary N) is 2. The van der Waals surface area contributed by atoms with Crippen LogP contribution in [0.5, 0.6) is 0 Å². The molecule has 0 unspecified atom stereocenters. The topological polar surface area (TPSA) is 72.2 Å². The minimum Gasteiger partial charge on any atom is -0.407 e. The van der Waals surface area contributed by atoms with Crippen LogP contribution in [0.1, 0.15) is 31.6 Å². The van der Waals surface area contributed by atoms with Crippen LogP contribution in [0.4, 0.5) is 6.01 Å². The number of rotatable bonds is 9. The highest BCUT2D eigenvalue weighted by Crippen LogP contribution is 2.28. The fourth-order valence-corrected chi connectivity index (χ4v) is 1.68. The molecule has 0 aromatic carbocycles. The van der Waals surface area contributed by atoms with Crippen LogP contribution in [0.15, 0.2) is 4.42 Å². The Morgan fingerprint density at radius 3 is 2.89 bits per heavy atom. The summed E-state index contributed by atoms with van der Waals surface area (Å²) in [5.41, 5.74) is 0. The summed E-state index contributed by atoms with van der Waals surface area (Å²) in [4.78, 5) is 0. The molecule has 18 heavy (non-hydrogen) atoms. The summed E-state index contributed by atoms with van der Waals surface area (Å²) in [7, 11) is 0. The maximum Gasteiger partial charge on any atom is 0.315 e. The van der Waals surface area contributed by atoms with Crippen molar-refractivity contribution < 1.29 is 9.15 Å². The van der Waals surface area contributed by atoms with E-state index in [0.29, 0.717) is 37.6 Å². The Labute approximate surface area is 106 Å². The number of anilines is 1. The number of aromatic nitrogens is 2. The molecule has 0 aliphatic heterocycles. The summed E-state index contributed by atoms with van der Waals surface area (Å²) < 4.78 is 11.0. The molecule has 2 aliphatic rings. The predicted molar refractivity (Wildman–Crippen MR) is 66.2 cm³/mol. The van der Waals surface area contributed by atoms with Crippen molar-refractivity contribution in [3.8, 4) is 0 Å². The molecule has 0 amide bonds. The van der Waals surface area contributed by atoms with Gasteiger partial charge in [0.05, 0.1) is 13.2 Å². The normalized spacial score (nSPS) is 19.1. The van der Waals surface area contributed by atoms with E-state index in [-0.39, 0.29) is 0 Å². The standard InChI is InChI=1S/C12H20N4O2/c1-2-9(1)8-17-6-5-13-12-16-15-11(18-12)7-14-10-3-4-10/h9-10,14H,1-8H2,(H,13,16). The first kappa shape index (κ1) is 11.9. The van der Waals surface area contributed by atoms with Gasteiger partial charge in [-0.1, -0.05) is 5.10 Å². The maximum absolute atomic E-state index is 5.51. The lowest BCUT2D eigenvalue weighted by molar-refractivity contribution is 0.133. The first-order chi connectivity index (χ1) is 8.90. The molecule has 1 aromatic rings. The molecular formula is C12H20N4O2. The lowest BCUT2D eigenvalue weighted by atomic mass is 10.5. The molecule has 2 saturated carbocycles. The fraction of sp³-hybridized carbons (Fsp3) is 0.833.